The van der Waals surface area contributed by atoms with E-state index in [1.165, 1.54) is 0 Å². The molecule has 0 aliphatic heterocycles. The molecule has 4 aromatic rings. The number of sulfonamides is 1. The molecular weight excluding hydrogens is 540 g/mol. The van der Waals surface area contributed by atoms with Crippen LogP contribution in [0.4, 0.5) is 0 Å². The summed E-state index contributed by atoms with van der Waals surface area (Å²) in [5.74, 6) is -0.862. The second kappa shape index (κ2) is 12.0. The Morgan fingerprint density at radius 1 is 1.08 bits per heavy atom. The van der Waals surface area contributed by atoms with E-state index >= 15 is 0 Å². The molecule has 39 heavy (non-hydrogen) atoms. The fourth-order valence-electron chi connectivity index (χ4n) is 4.36. The molecule has 0 aliphatic rings. The average molecular weight is 571 g/mol. The summed E-state index contributed by atoms with van der Waals surface area (Å²) in [6.45, 7) is 4.10. The monoisotopic (exact) mass is 570 g/mol. The Kier molecular flexibility index (Phi) is 8.66. The first-order valence-corrected chi connectivity index (χ1v) is 14.5. The summed E-state index contributed by atoms with van der Waals surface area (Å²) >= 11 is 6.24. The number of aromatic amines is 1. The molecule has 2 heterocycles. The number of H-pyrrole nitrogens is 1. The Bertz CT molecular complexity index is 1600. The number of aromatic nitrogens is 2. The predicted octanol–water partition coefficient (Wildman–Crippen LogP) is 4.28. The molecule has 2 aromatic carbocycles. The first-order chi connectivity index (χ1) is 18.5. The SMILES string of the molecule is Cc1cc(OCCCc2c(C(=O)NS(=O)(=O)CCNC(=O)c3ccn(C)c3)[nH]c3ccccc23)cc(C)c1Cl. The van der Waals surface area contributed by atoms with Crippen molar-refractivity contribution in [2.75, 3.05) is 18.9 Å². The van der Waals surface area contributed by atoms with Crippen LogP contribution in [0.2, 0.25) is 5.02 Å². The molecule has 11 heteroatoms. The zero-order chi connectivity index (χ0) is 28.2. The first-order valence-electron chi connectivity index (χ1n) is 12.5. The fraction of sp³-hybridized carbons (Fsp3) is 0.286. The summed E-state index contributed by atoms with van der Waals surface area (Å²) in [5.41, 5.74) is 3.92. The van der Waals surface area contributed by atoms with Crippen molar-refractivity contribution in [1.29, 1.82) is 0 Å². The zero-order valence-corrected chi connectivity index (χ0v) is 23.6. The average Bonchev–Trinajstić information content (AvgIpc) is 3.48. The maximum absolute atomic E-state index is 13.1. The number of halogens is 1. The number of nitrogens with one attached hydrogen (secondary N) is 3. The van der Waals surface area contributed by atoms with Gasteiger partial charge in [0.2, 0.25) is 10.0 Å². The molecule has 9 nitrogen and oxygen atoms in total. The van der Waals surface area contributed by atoms with E-state index in [-0.39, 0.29) is 18.1 Å². The van der Waals surface area contributed by atoms with Crippen LogP contribution in [0.5, 0.6) is 5.75 Å². The highest BCUT2D eigenvalue weighted by atomic mass is 35.5. The third-order valence-corrected chi connectivity index (χ3v) is 8.12. The first kappa shape index (κ1) is 28.3. The lowest BCUT2D eigenvalue weighted by Crippen LogP contribution is -2.37. The van der Waals surface area contributed by atoms with Crippen LogP contribution in [0, 0.1) is 13.8 Å². The van der Waals surface area contributed by atoms with Gasteiger partial charge in [0.1, 0.15) is 11.4 Å². The van der Waals surface area contributed by atoms with E-state index in [4.69, 9.17) is 16.3 Å². The maximum atomic E-state index is 13.1. The van der Waals surface area contributed by atoms with Crippen LogP contribution >= 0.6 is 11.6 Å². The lowest BCUT2D eigenvalue weighted by molar-refractivity contribution is 0.0954. The maximum Gasteiger partial charge on any atom is 0.281 e. The van der Waals surface area contributed by atoms with Crippen LogP contribution in [0.3, 0.4) is 0 Å². The highest BCUT2D eigenvalue weighted by molar-refractivity contribution is 7.90. The summed E-state index contributed by atoms with van der Waals surface area (Å²) < 4.78 is 35.0. The summed E-state index contributed by atoms with van der Waals surface area (Å²) in [6.07, 6.45) is 4.44. The van der Waals surface area contributed by atoms with Crippen LogP contribution in [-0.4, -0.2) is 48.7 Å². The number of amides is 2. The van der Waals surface area contributed by atoms with Crippen LogP contribution < -0.4 is 14.8 Å². The molecular formula is C28H31ClN4O5S. The normalized spacial score (nSPS) is 11.5. The number of fused-ring (bicyclic) bond motifs is 1. The summed E-state index contributed by atoms with van der Waals surface area (Å²) in [4.78, 5) is 28.3. The van der Waals surface area contributed by atoms with Gasteiger partial charge in [-0.2, -0.15) is 0 Å². The number of hydrogen-bond donors (Lipinski definition) is 3. The third kappa shape index (κ3) is 7.01. The second-order valence-electron chi connectivity index (χ2n) is 9.42. The van der Waals surface area contributed by atoms with E-state index < -0.39 is 21.7 Å². The fourth-order valence-corrected chi connectivity index (χ4v) is 5.33. The van der Waals surface area contributed by atoms with Crippen LogP contribution in [0.25, 0.3) is 10.9 Å². The Labute approximate surface area is 232 Å². The van der Waals surface area contributed by atoms with Gasteiger partial charge in [-0.05, 0) is 67.6 Å². The standard InChI is InChI=1S/C28H31ClN4O5S/c1-18-15-21(16-19(2)25(18)29)38-13-6-8-23-22-7-4-5-9-24(22)31-26(23)28(35)32-39(36,37)14-11-30-27(34)20-10-12-33(3)17-20/h4-5,7,9-10,12,15-17,31H,6,8,11,13-14H2,1-3H3,(H,30,34)(H,32,35). The number of carbonyl (C=O) groups is 2. The van der Waals surface area contributed by atoms with Gasteiger partial charge in [0.25, 0.3) is 11.8 Å². The molecule has 4 rings (SSSR count). The van der Waals surface area contributed by atoms with Crippen molar-refractivity contribution in [3.05, 3.63) is 87.8 Å². The lowest BCUT2D eigenvalue weighted by Gasteiger charge is -2.11. The van der Waals surface area contributed by atoms with Gasteiger partial charge < -0.3 is 19.6 Å². The minimum atomic E-state index is -4.00. The van der Waals surface area contributed by atoms with Crippen molar-refractivity contribution < 1.29 is 22.7 Å². The van der Waals surface area contributed by atoms with Crippen LogP contribution in [-0.2, 0) is 23.5 Å². The number of nitrogens with zero attached hydrogens (tertiary/aromatic N) is 1. The number of carbonyl (C=O) groups excluding carboxylic acids is 2. The number of ether oxygens (including phenoxy) is 1. The molecule has 0 saturated carbocycles. The van der Waals surface area contributed by atoms with Crippen LogP contribution in [0.1, 0.15) is 44.0 Å². The lowest BCUT2D eigenvalue weighted by atomic mass is 10.1. The van der Waals surface area contributed by atoms with E-state index in [1.807, 2.05) is 50.2 Å². The molecule has 0 fully saturated rings. The molecule has 0 atom stereocenters. The van der Waals surface area contributed by atoms with Crippen molar-refractivity contribution in [3.8, 4) is 5.75 Å². The number of para-hydroxylation sites is 1. The molecule has 2 amide bonds. The van der Waals surface area contributed by atoms with E-state index in [0.717, 1.165) is 27.8 Å². The van der Waals surface area contributed by atoms with Crippen molar-refractivity contribution in [3.63, 3.8) is 0 Å². The number of benzene rings is 2. The van der Waals surface area contributed by atoms with Gasteiger partial charge in [-0.1, -0.05) is 29.8 Å². The Morgan fingerprint density at radius 3 is 2.49 bits per heavy atom. The second-order valence-corrected chi connectivity index (χ2v) is 11.6. The van der Waals surface area contributed by atoms with E-state index in [1.54, 1.807) is 30.1 Å². The molecule has 2 aromatic heterocycles. The molecule has 0 aliphatic carbocycles. The Balaban J connectivity index is 1.39. The van der Waals surface area contributed by atoms with Gasteiger partial charge in [-0.3, -0.25) is 9.59 Å². The number of rotatable bonds is 11. The predicted molar refractivity (Wildman–Crippen MR) is 152 cm³/mol. The number of aryl methyl sites for hydroxylation is 4. The third-order valence-electron chi connectivity index (χ3n) is 6.29. The topological polar surface area (TPSA) is 122 Å². The summed E-state index contributed by atoms with van der Waals surface area (Å²) in [6, 6.07) is 12.8. The Morgan fingerprint density at radius 2 is 1.79 bits per heavy atom. The van der Waals surface area contributed by atoms with Crippen LogP contribution in [0.15, 0.2) is 54.9 Å². The van der Waals surface area contributed by atoms with Gasteiger partial charge in [-0.15, -0.1) is 0 Å². The smallest absolute Gasteiger partial charge is 0.281 e. The van der Waals surface area contributed by atoms with Crippen molar-refractivity contribution in [2.45, 2.75) is 26.7 Å². The molecule has 0 bridgehead atoms. The van der Waals surface area contributed by atoms with E-state index in [0.29, 0.717) is 35.6 Å². The largest absolute Gasteiger partial charge is 0.494 e. The van der Waals surface area contributed by atoms with Gasteiger partial charge in [0, 0.05) is 41.9 Å². The quantitative estimate of drug-likeness (QED) is 0.232. The molecule has 0 spiro atoms. The minimum absolute atomic E-state index is 0.142. The summed E-state index contributed by atoms with van der Waals surface area (Å²) in [5, 5.41) is 4.11. The highest BCUT2D eigenvalue weighted by Gasteiger charge is 2.22. The zero-order valence-electron chi connectivity index (χ0n) is 22.0. The van der Waals surface area contributed by atoms with E-state index in [9.17, 15) is 18.0 Å². The van der Waals surface area contributed by atoms with Crippen molar-refractivity contribution in [2.24, 2.45) is 7.05 Å². The van der Waals surface area contributed by atoms with Crippen molar-refractivity contribution in [1.82, 2.24) is 19.6 Å². The number of hydrogen-bond acceptors (Lipinski definition) is 5. The highest BCUT2D eigenvalue weighted by Crippen LogP contribution is 2.27. The molecule has 3 N–H and O–H groups in total. The molecule has 0 radical (unpaired) electrons. The van der Waals surface area contributed by atoms with E-state index in [2.05, 4.69) is 15.0 Å². The molecule has 206 valence electrons. The molecule has 0 unspecified atom stereocenters. The van der Waals surface area contributed by atoms with Gasteiger partial charge in [0.15, 0.2) is 0 Å². The van der Waals surface area contributed by atoms with Gasteiger partial charge >= 0.3 is 0 Å². The van der Waals surface area contributed by atoms with Crippen molar-refractivity contribution >= 4 is 44.3 Å². The van der Waals surface area contributed by atoms with Gasteiger partial charge in [0.05, 0.1) is 17.9 Å². The molecule has 0 saturated heterocycles. The van der Waals surface area contributed by atoms with Gasteiger partial charge in [-0.25, -0.2) is 13.1 Å². The summed E-state index contributed by atoms with van der Waals surface area (Å²) in [7, 11) is -2.22. The minimum Gasteiger partial charge on any atom is -0.494 e. The Hall–Kier alpha value is -3.76.